The number of ether oxygens (including phenoxy) is 2. The van der Waals surface area contributed by atoms with Gasteiger partial charge in [-0.1, -0.05) is 48.5 Å². The van der Waals surface area contributed by atoms with Crippen LogP contribution in [0.3, 0.4) is 0 Å². The molecule has 0 aliphatic carbocycles. The minimum absolute atomic E-state index is 0.692. The van der Waals surface area contributed by atoms with Gasteiger partial charge in [-0.25, -0.2) is 9.97 Å². The Morgan fingerprint density at radius 2 is 1.79 bits per heavy atom. The van der Waals surface area contributed by atoms with Crippen molar-refractivity contribution in [1.82, 2.24) is 14.9 Å². The minimum Gasteiger partial charge on any atom is -0.496 e. The number of thiophene rings is 1. The largest absolute Gasteiger partial charge is 0.496 e. The molecule has 0 amide bonds. The van der Waals surface area contributed by atoms with Crippen molar-refractivity contribution in [3.8, 4) is 16.9 Å². The Morgan fingerprint density at radius 3 is 2.58 bits per heavy atom. The smallest absolute Gasteiger partial charge is 0.146 e. The van der Waals surface area contributed by atoms with Crippen LogP contribution in [0.4, 0.5) is 5.82 Å². The predicted molar refractivity (Wildman–Crippen MR) is 134 cm³/mol. The minimum atomic E-state index is 0.692. The lowest BCUT2D eigenvalue weighted by Crippen LogP contribution is -2.36. The van der Waals surface area contributed by atoms with Crippen LogP contribution in [0.25, 0.3) is 21.3 Å². The Labute approximate surface area is 198 Å². The van der Waals surface area contributed by atoms with Gasteiger partial charge in [-0.2, -0.15) is 0 Å². The van der Waals surface area contributed by atoms with E-state index in [0.29, 0.717) is 6.54 Å². The highest BCUT2D eigenvalue weighted by atomic mass is 32.1. The van der Waals surface area contributed by atoms with E-state index < -0.39 is 0 Å². The molecule has 3 heterocycles. The number of anilines is 1. The van der Waals surface area contributed by atoms with Gasteiger partial charge in [-0.3, -0.25) is 4.90 Å². The molecule has 0 N–H and O–H groups in total. The van der Waals surface area contributed by atoms with Gasteiger partial charge >= 0.3 is 0 Å². The Bertz CT molecular complexity index is 1220. The van der Waals surface area contributed by atoms with E-state index in [1.54, 1.807) is 18.4 Å². The van der Waals surface area contributed by atoms with Crippen molar-refractivity contribution < 1.29 is 9.47 Å². The quantitative estimate of drug-likeness (QED) is 0.394. The third kappa shape index (κ3) is 4.71. The molecule has 1 aliphatic heterocycles. The van der Waals surface area contributed by atoms with Crippen LogP contribution in [-0.4, -0.2) is 55.3 Å². The van der Waals surface area contributed by atoms with Crippen LogP contribution in [0.1, 0.15) is 11.4 Å². The highest BCUT2D eigenvalue weighted by molar-refractivity contribution is 7.17. The number of morpholine rings is 1. The second-order valence-corrected chi connectivity index (χ2v) is 9.07. The number of rotatable bonds is 7. The molecule has 0 atom stereocenters. The average Bonchev–Trinajstić information content (AvgIpc) is 3.29. The third-order valence-corrected chi connectivity index (χ3v) is 6.85. The number of aromatic nitrogens is 2. The summed E-state index contributed by atoms with van der Waals surface area (Å²) in [6.07, 6.45) is 0. The number of hydrogen-bond acceptors (Lipinski definition) is 7. The highest BCUT2D eigenvalue weighted by Gasteiger charge is 2.20. The monoisotopic (exact) mass is 460 g/mol. The highest BCUT2D eigenvalue weighted by Crippen LogP contribution is 2.38. The zero-order valence-electron chi connectivity index (χ0n) is 19.0. The number of benzene rings is 2. The number of methoxy groups -OCH3 is 1. The molecule has 6 nitrogen and oxygen atoms in total. The number of nitrogens with zero attached hydrogens (tertiary/aromatic N) is 4. The molecule has 0 unspecified atom stereocenters. The lowest BCUT2D eigenvalue weighted by molar-refractivity contribution is 0.0331. The van der Waals surface area contributed by atoms with E-state index in [0.717, 1.165) is 66.0 Å². The fourth-order valence-corrected chi connectivity index (χ4v) is 5.23. The fraction of sp³-hybridized carbons (Fsp3) is 0.308. The summed E-state index contributed by atoms with van der Waals surface area (Å²) in [6.45, 7) is 4.77. The zero-order chi connectivity index (χ0) is 22.6. The second kappa shape index (κ2) is 9.87. The van der Waals surface area contributed by atoms with Crippen molar-refractivity contribution >= 4 is 27.4 Å². The molecular formula is C26H28N4O2S. The van der Waals surface area contributed by atoms with Crippen molar-refractivity contribution in [2.24, 2.45) is 0 Å². The lowest BCUT2D eigenvalue weighted by Gasteiger charge is -2.26. The number of para-hydroxylation sites is 1. The molecule has 0 saturated carbocycles. The Kier molecular flexibility index (Phi) is 6.53. The zero-order valence-corrected chi connectivity index (χ0v) is 19.8. The van der Waals surface area contributed by atoms with E-state index >= 15 is 0 Å². The van der Waals surface area contributed by atoms with Gasteiger partial charge < -0.3 is 14.4 Å². The molecule has 1 fully saturated rings. The lowest BCUT2D eigenvalue weighted by atomic mass is 10.1. The summed E-state index contributed by atoms with van der Waals surface area (Å²) < 4.78 is 11.1. The van der Waals surface area contributed by atoms with Gasteiger partial charge in [0.2, 0.25) is 0 Å². The summed E-state index contributed by atoms with van der Waals surface area (Å²) in [5, 5.41) is 3.31. The van der Waals surface area contributed by atoms with Crippen LogP contribution in [0.15, 0.2) is 60.0 Å². The summed E-state index contributed by atoms with van der Waals surface area (Å²) in [5.74, 6) is 2.69. The van der Waals surface area contributed by atoms with E-state index in [9.17, 15) is 0 Å². The van der Waals surface area contributed by atoms with Crippen molar-refractivity contribution in [2.75, 3.05) is 45.4 Å². The average molecular weight is 461 g/mol. The third-order valence-electron chi connectivity index (χ3n) is 5.98. The van der Waals surface area contributed by atoms with Crippen LogP contribution in [0.5, 0.6) is 5.75 Å². The maximum atomic E-state index is 5.60. The summed E-state index contributed by atoms with van der Waals surface area (Å²) in [7, 11) is 3.81. The van der Waals surface area contributed by atoms with Crippen LogP contribution >= 0.6 is 11.3 Å². The molecule has 1 saturated heterocycles. The van der Waals surface area contributed by atoms with Gasteiger partial charge in [0, 0.05) is 43.2 Å². The first kappa shape index (κ1) is 21.8. The molecule has 0 spiro atoms. The first-order valence-electron chi connectivity index (χ1n) is 11.2. The summed E-state index contributed by atoms with van der Waals surface area (Å²) in [4.78, 5) is 15.7. The van der Waals surface area contributed by atoms with E-state index in [-0.39, 0.29) is 0 Å². The first-order valence-corrected chi connectivity index (χ1v) is 12.1. The second-order valence-electron chi connectivity index (χ2n) is 8.22. The molecule has 33 heavy (non-hydrogen) atoms. The molecular weight excluding hydrogens is 432 g/mol. The molecule has 7 heteroatoms. The topological polar surface area (TPSA) is 50.7 Å². The fourth-order valence-electron chi connectivity index (χ4n) is 4.27. The van der Waals surface area contributed by atoms with Crippen LogP contribution in [0.2, 0.25) is 0 Å². The summed E-state index contributed by atoms with van der Waals surface area (Å²) in [5.41, 5.74) is 3.48. The molecule has 0 bridgehead atoms. The SMILES string of the molecule is COc1ccccc1CN(C)c1nc(CN2CCOCC2)nc2scc(-c3ccccc3)c12. The molecule has 1 aliphatic rings. The number of fused-ring (bicyclic) bond motifs is 1. The van der Waals surface area contributed by atoms with E-state index in [4.69, 9.17) is 19.4 Å². The van der Waals surface area contributed by atoms with Crippen LogP contribution < -0.4 is 9.64 Å². The van der Waals surface area contributed by atoms with E-state index in [1.165, 1.54) is 11.1 Å². The maximum absolute atomic E-state index is 5.60. The van der Waals surface area contributed by atoms with Crippen LogP contribution in [0, 0.1) is 0 Å². The van der Waals surface area contributed by atoms with Gasteiger partial charge in [0.05, 0.1) is 32.3 Å². The van der Waals surface area contributed by atoms with Gasteiger partial charge in [-0.15, -0.1) is 11.3 Å². The predicted octanol–water partition coefficient (Wildman–Crippen LogP) is 4.84. The van der Waals surface area contributed by atoms with Crippen molar-refractivity contribution in [3.05, 3.63) is 71.4 Å². The molecule has 5 rings (SSSR count). The van der Waals surface area contributed by atoms with Gasteiger partial charge in [0.25, 0.3) is 0 Å². The Balaban J connectivity index is 1.57. The molecule has 4 aromatic rings. The summed E-state index contributed by atoms with van der Waals surface area (Å²) >= 11 is 1.68. The standard InChI is InChI=1S/C26H28N4O2S/c1-29(16-20-10-6-7-11-22(20)31-2)25-24-21(19-8-4-3-5-9-19)18-33-26(24)28-23(27-25)17-30-12-14-32-15-13-30/h3-11,18H,12-17H2,1-2H3. The number of hydrogen-bond donors (Lipinski definition) is 0. The normalized spacial score (nSPS) is 14.5. The maximum Gasteiger partial charge on any atom is 0.146 e. The molecule has 0 radical (unpaired) electrons. The summed E-state index contributed by atoms with van der Waals surface area (Å²) in [6, 6.07) is 18.6. The van der Waals surface area contributed by atoms with E-state index in [2.05, 4.69) is 52.6 Å². The van der Waals surface area contributed by atoms with Gasteiger partial charge in [0.1, 0.15) is 22.2 Å². The van der Waals surface area contributed by atoms with Gasteiger partial charge in [0.15, 0.2) is 0 Å². The first-order chi connectivity index (χ1) is 16.2. The van der Waals surface area contributed by atoms with Crippen LogP contribution in [-0.2, 0) is 17.8 Å². The van der Waals surface area contributed by atoms with Crippen molar-refractivity contribution in [2.45, 2.75) is 13.1 Å². The molecule has 2 aromatic carbocycles. The Morgan fingerprint density at radius 1 is 1.03 bits per heavy atom. The Hall–Kier alpha value is -3.00. The van der Waals surface area contributed by atoms with Gasteiger partial charge in [-0.05, 0) is 11.6 Å². The molecule has 170 valence electrons. The van der Waals surface area contributed by atoms with Crippen molar-refractivity contribution in [3.63, 3.8) is 0 Å². The van der Waals surface area contributed by atoms with Crippen molar-refractivity contribution in [1.29, 1.82) is 0 Å². The molecule has 2 aromatic heterocycles. The van der Waals surface area contributed by atoms with E-state index in [1.807, 2.05) is 24.3 Å².